The minimum atomic E-state index is -4.66. The van der Waals surface area contributed by atoms with Gasteiger partial charge >= 0.3 is 10.4 Å². The van der Waals surface area contributed by atoms with Crippen molar-refractivity contribution in [2.45, 2.75) is 6.92 Å². The molecule has 130 valence electrons. The van der Waals surface area contributed by atoms with Gasteiger partial charge in [0.1, 0.15) is 0 Å². The fourth-order valence-corrected chi connectivity index (χ4v) is 3.24. The lowest BCUT2D eigenvalue weighted by atomic mass is 10.1. The van der Waals surface area contributed by atoms with Crippen molar-refractivity contribution in [1.82, 2.24) is 4.90 Å². The number of nitrogens with zero attached hydrogens (tertiary/aromatic N) is 1. The number of sulfone groups is 1. The predicted molar refractivity (Wildman–Crippen MR) is 84.3 cm³/mol. The average molecular weight is 365 g/mol. The molecule has 0 saturated carbocycles. The molecule has 1 aromatic carbocycles. The Kier molecular flexibility index (Phi) is 6.69. The first-order chi connectivity index (χ1) is 10.5. The van der Waals surface area contributed by atoms with Crippen molar-refractivity contribution in [3.8, 4) is 0 Å². The summed E-state index contributed by atoms with van der Waals surface area (Å²) in [5.74, 6) is -1.21. The van der Waals surface area contributed by atoms with Gasteiger partial charge in [-0.2, -0.15) is 8.42 Å². The summed E-state index contributed by atoms with van der Waals surface area (Å²) in [7, 11) is -6.80. The van der Waals surface area contributed by atoms with E-state index in [0.29, 0.717) is 5.56 Å². The lowest BCUT2D eigenvalue weighted by Crippen LogP contribution is -2.32. The lowest BCUT2D eigenvalue weighted by Gasteiger charge is -2.17. The molecule has 0 aromatic heterocycles. The number of hydrogen-bond donors (Lipinski definition) is 1. The summed E-state index contributed by atoms with van der Waals surface area (Å²) >= 11 is 0. The molecule has 0 unspecified atom stereocenters. The van der Waals surface area contributed by atoms with Gasteiger partial charge in [-0.05, 0) is 19.1 Å². The maximum atomic E-state index is 12.2. The van der Waals surface area contributed by atoms with Crippen LogP contribution in [0.15, 0.2) is 24.3 Å². The van der Waals surface area contributed by atoms with Crippen LogP contribution >= 0.6 is 0 Å². The minimum Gasteiger partial charge on any atom is -0.341 e. The molecule has 10 heteroatoms. The van der Waals surface area contributed by atoms with Gasteiger partial charge in [-0.1, -0.05) is 17.7 Å². The van der Waals surface area contributed by atoms with Gasteiger partial charge in [-0.25, -0.2) is 12.6 Å². The molecule has 0 atom stereocenters. The molecule has 0 bridgehead atoms. The third-order valence-electron chi connectivity index (χ3n) is 2.98. The fraction of sp³-hybridized carbons (Fsp3) is 0.462. The largest absolute Gasteiger partial charge is 0.397 e. The molecule has 8 nitrogen and oxygen atoms in total. The van der Waals surface area contributed by atoms with Gasteiger partial charge in [0.15, 0.2) is 9.84 Å². The van der Waals surface area contributed by atoms with E-state index in [0.717, 1.165) is 5.56 Å². The highest BCUT2D eigenvalue weighted by Crippen LogP contribution is 2.07. The van der Waals surface area contributed by atoms with Gasteiger partial charge in [0.25, 0.3) is 5.91 Å². The summed E-state index contributed by atoms with van der Waals surface area (Å²) in [5.41, 5.74) is 1.37. The van der Waals surface area contributed by atoms with Crippen molar-refractivity contribution in [2.75, 3.05) is 31.7 Å². The minimum absolute atomic E-state index is 0.0407. The zero-order valence-corrected chi connectivity index (χ0v) is 14.4. The van der Waals surface area contributed by atoms with Crippen molar-refractivity contribution in [3.63, 3.8) is 0 Å². The Hall–Kier alpha value is -1.49. The van der Waals surface area contributed by atoms with Crippen molar-refractivity contribution in [2.24, 2.45) is 0 Å². The predicted octanol–water partition coefficient (Wildman–Crippen LogP) is 0.301. The molecular weight excluding hydrogens is 346 g/mol. The van der Waals surface area contributed by atoms with E-state index in [2.05, 4.69) is 4.18 Å². The second-order valence-corrected chi connectivity index (χ2v) is 8.39. The Labute approximate surface area is 135 Å². The molecule has 0 saturated heterocycles. The molecule has 0 radical (unpaired) electrons. The summed E-state index contributed by atoms with van der Waals surface area (Å²) in [5, 5.41) is 0. The van der Waals surface area contributed by atoms with Crippen LogP contribution in [0, 0.1) is 6.92 Å². The fourth-order valence-electron chi connectivity index (χ4n) is 1.74. The number of amides is 1. The van der Waals surface area contributed by atoms with E-state index in [-0.39, 0.29) is 18.2 Å². The zero-order chi connectivity index (χ0) is 17.7. The van der Waals surface area contributed by atoms with Gasteiger partial charge in [-0.3, -0.25) is 9.35 Å². The summed E-state index contributed by atoms with van der Waals surface area (Å²) in [6.45, 7) is 1.13. The van der Waals surface area contributed by atoms with Crippen LogP contribution in [0.25, 0.3) is 0 Å². The van der Waals surface area contributed by atoms with Gasteiger partial charge in [0.2, 0.25) is 0 Å². The smallest absolute Gasteiger partial charge is 0.341 e. The second-order valence-electron chi connectivity index (χ2n) is 5.00. The molecule has 1 N–H and O–H groups in total. The van der Waals surface area contributed by atoms with Crippen molar-refractivity contribution < 1.29 is 30.4 Å². The highest BCUT2D eigenvalue weighted by molar-refractivity contribution is 7.91. The van der Waals surface area contributed by atoms with E-state index in [1.54, 1.807) is 18.2 Å². The number of hydrogen-bond acceptors (Lipinski definition) is 6. The standard InChI is InChI=1S/C13H19NO7S2/c1-11-4-3-5-12(10-11)13(15)14(2)6-8-22(16,17)9-7-21-23(18,19)20/h3-5,10H,6-9H2,1-2H3,(H,18,19,20). The quantitative estimate of drug-likeness (QED) is 0.658. The molecule has 1 rings (SSSR count). The lowest BCUT2D eigenvalue weighted by molar-refractivity contribution is 0.0803. The molecule has 0 heterocycles. The number of aryl methyl sites for hydroxylation is 1. The molecule has 0 aliphatic rings. The summed E-state index contributed by atoms with van der Waals surface area (Å²) in [6.07, 6.45) is 0. The first-order valence-electron chi connectivity index (χ1n) is 6.64. The van der Waals surface area contributed by atoms with Crippen LogP contribution in [0.2, 0.25) is 0 Å². The molecule has 1 amide bonds. The van der Waals surface area contributed by atoms with E-state index in [1.807, 2.05) is 13.0 Å². The van der Waals surface area contributed by atoms with Crippen LogP contribution in [0.1, 0.15) is 15.9 Å². The van der Waals surface area contributed by atoms with Crippen molar-refractivity contribution in [3.05, 3.63) is 35.4 Å². The first-order valence-corrected chi connectivity index (χ1v) is 9.83. The van der Waals surface area contributed by atoms with Crippen LogP contribution in [0.3, 0.4) is 0 Å². The van der Waals surface area contributed by atoms with Crippen LogP contribution in [0.5, 0.6) is 0 Å². The Bertz CT molecular complexity index is 756. The summed E-state index contributed by atoms with van der Waals surface area (Å²) < 4.78 is 56.5. The molecule has 0 spiro atoms. The summed E-state index contributed by atoms with van der Waals surface area (Å²) in [6, 6.07) is 6.92. The third-order valence-corrected chi connectivity index (χ3v) is 5.03. The maximum absolute atomic E-state index is 12.2. The third kappa shape index (κ3) is 7.55. The maximum Gasteiger partial charge on any atom is 0.397 e. The number of carbonyl (C=O) groups is 1. The molecule has 0 fully saturated rings. The van der Waals surface area contributed by atoms with Crippen molar-refractivity contribution in [1.29, 1.82) is 0 Å². The van der Waals surface area contributed by atoms with Crippen molar-refractivity contribution >= 4 is 26.1 Å². The van der Waals surface area contributed by atoms with E-state index >= 15 is 0 Å². The molecule has 1 aromatic rings. The van der Waals surface area contributed by atoms with Gasteiger partial charge < -0.3 is 4.90 Å². The van der Waals surface area contributed by atoms with Gasteiger partial charge in [0, 0.05) is 19.2 Å². The van der Waals surface area contributed by atoms with Gasteiger partial charge in [-0.15, -0.1) is 0 Å². The van der Waals surface area contributed by atoms with Crippen LogP contribution in [-0.2, 0) is 24.4 Å². The average Bonchev–Trinajstić information content (AvgIpc) is 2.42. The first kappa shape index (κ1) is 19.6. The van der Waals surface area contributed by atoms with Crippen LogP contribution in [0.4, 0.5) is 0 Å². The highest BCUT2D eigenvalue weighted by Gasteiger charge is 2.17. The normalized spacial score (nSPS) is 12.1. The monoisotopic (exact) mass is 365 g/mol. The highest BCUT2D eigenvalue weighted by atomic mass is 32.3. The molecule has 23 heavy (non-hydrogen) atoms. The number of carbonyl (C=O) groups excluding carboxylic acids is 1. The SMILES string of the molecule is Cc1cccc(C(=O)N(C)CCS(=O)(=O)CCOS(=O)(=O)O)c1. The Morgan fingerprint density at radius 2 is 1.87 bits per heavy atom. The Balaban J connectivity index is 2.54. The Morgan fingerprint density at radius 1 is 1.22 bits per heavy atom. The number of rotatable bonds is 8. The number of benzene rings is 1. The second kappa shape index (κ2) is 7.86. The topological polar surface area (TPSA) is 118 Å². The van der Waals surface area contributed by atoms with E-state index in [9.17, 15) is 21.6 Å². The van der Waals surface area contributed by atoms with E-state index in [4.69, 9.17) is 4.55 Å². The Morgan fingerprint density at radius 3 is 2.43 bits per heavy atom. The van der Waals surface area contributed by atoms with E-state index in [1.165, 1.54) is 11.9 Å². The summed E-state index contributed by atoms with van der Waals surface area (Å²) in [4.78, 5) is 13.4. The molecular formula is C13H19NO7S2. The molecule has 0 aliphatic heterocycles. The molecule has 0 aliphatic carbocycles. The van der Waals surface area contributed by atoms with E-state index < -0.39 is 32.6 Å². The van der Waals surface area contributed by atoms with Crippen LogP contribution < -0.4 is 0 Å². The van der Waals surface area contributed by atoms with Gasteiger partial charge in [0.05, 0.1) is 18.1 Å². The van der Waals surface area contributed by atoms with Crippen LogP contribution in [-0.4, -0.2) is 63.9 Å². The zero-order valence-electron chi connectivity index (χ0n) is 12.8.